The van der Waals surface area contributed by atoms with Crippen LogP contribution in [-0.4, -0.2) is 39.9 Å². The van der Waals surface area contributed by atoms with E-state index in [0.29, 0.717) is 12.2 Å². The molecule has 2 rings (SSSR count). The summed E-state index contributed by atoms with van der Waals surface area (Å²) in [5.74, 6) is -1.18. The number of rotatable bonds is 6. The number of aromatic nitrogens is 2. The maximum absolute atomic E-state index is 10.1. The van der Waals surface area contributed by atoms with Crippen molar-refractivity contribution in [1.29, 1.82) is 0 Å². The van der Waals surface area contributed by atoms with Gasteiger partial charge in [0.1, 0.15) is 0 Å². The average molecular weight is 400 g/mol. The summed E-state index contributed by atoms with van der Waals surface area (Å²) >= 11 is 0. The molecule has 2 aromatic heterocycles. The van der Waals surface area contributed by atoms with Gasteiger partial charge in [0.2, 0.25) is 0 Å². The predicted molar refractivity (Wildman–Crippen MR) is 113 cm³/mol. The van der Waals surface area contributed by atoms with E-state index in [1.54, 1.807) is 55.9 Å². The van der Waals surface area contributed by atoms with Crippen LogP contribution in [0.3, 0.4) is 0 Å². The van der Waals surface area contributed by atoms with Crippen molar-refractivity contribution in [2.75, 3.05) is 6.61 Å². The Hall–Kier alpha value is -3.61. The molecule has 0 atom stereocenters. The van der Waals surface area contributed by atoms with Crippen molar-refractivity contribution in [2.24, 2.45) is 0 Å². The molecule has 156 valence electrons. The van der Waals surface area contributed by atoms with Crippen molar-refractivity contribution in [3.05, 3.63) is 78.9 Å². The van der Waals surface area contributed by atoms with Gasteiger partial charge >= 0.3 is 11.9 Å². The van der Waals surface area contributed by atoms with Gasteiger partial charge in [0.15, 0.2) is 6.29 Å². The third-order valence-electron chi connectivity index (χ3n) is 2.56. The summed E-state index contributed by atoms with van der Waals surface area (Å²) in [6.45, 7) is 9.38. The van der Waals surface area contributed by atoms with Gasteiger partial charge < -0.3 is 9.84 Å². The van der Waals surface area contributed by atoms with E-state index in [-0.39, 0.29) is 12.4 Å². The normalized spacial score (nSPS) is 8.66. The number of carbonyl (C=O) groups is 3. The highest BCUT2D eigenvalue weighted by Crippen LogP contribution is 1.99. The maximum Gasteiger partial charge on any atom is 0.330 e. The standard InChI is InChI=1S/C9H9NO2.C6H5NO.C5H8O2.C2H6/c11-9(12)5-1-3-8-4-2-6-10-7-8;8-5-6-2-1-3-7-4-6;1-3-5(6)7-4-2;1-2/h1-4,6-7H,5H2,(H,11,12);1-5H;3H,1,4H2,2H3;1-2H3/b3-1+;;;. The first kappa shape index (κ1) is 27.6. The molecular weight excluding hydrogens is 372 g/mol. The van der Waals surface area contributed by atoms with Crippen LogP contribution in [0.25, 0.3) is 6.08 Å². The number of esters is 1. The Kier molecular flexibility index (Phi) is 19.7. The highest BCUT2D eigenvalue weighted by molar-refractivity contribution is 5.81. The van der Waals surface area contributed by atoms with E-state index in [0.717, 1.165) is 17.9 Å². The van der Waals surface area contributed by atoms with Crippen molar-refractivity contribution in [1.82, 2.24) is 9.97 Å². The molecular formula is C22H28N2O5. The Bertz CT molecular complexity index is 716. The van der Waals surface area contributed by atoms with Crippen LogP contribution in [0, 0.1) is 0 Å². The molecule has 0 aliphatic rings. The van der Waals surface area contributed by atoms with Crippen LogP contribution in [0.2, 0.25) is 0 Å². The van der Waals surface area contributed by atoms with Crippen LogP contribution in [0.5, 0.6) is 0 Å². The van der Waals surface area contributed by atoms with E-state index in [1.807, 2.05) is 19.9 Å². The number of carboxylic acids is 1. The molecule has 0 aliphatic carbocycles. The van der Waals surface area contributed by atoms with Crippen LogP contribution in [0.4, 0.5) is 0 Å². The molecule has 0 aliphatic heterocycles. The topological polar surface area (TPSA) is 106 Å². The largest absolute Gasteiger partial charge is 0.481 e. The molecule has 1 N–H and O–H groups in total. The fourth-order valence-electron chi connectivity index (χ4n) is 1.42. The number of hydrogen-bond acceptors (Lipinski definition) is 6. The lowest BCUT2D eigenvalue weighted by atomic mass is 10.2. The molecule has 0 radical (unpaired) electrons. The van der Waals surface area contributed by atoms with Gasteiger partial charge in [0.05, 0.1) is 13.0 Å². The molecule has 0 saturated carbocycles. The Balaban J connectivity index is 0. The van der Waals surface area contributed by atoms with Crippen LogP contribution in [0.1, 0.15) is 43.1 Å². The zero-order valence-electron chi connectivity index (χ0n) is 17.0. The molecule has 0 amide bonds. The monoisotopic (exact) mass is 400 g/mol. The quantitative estimate of drug-likeness (QED) is 0.439. The van der Waals surface area contributed by atoms with Crippen molar-refractivity contribution in [3.63, 3.8) is 0 Å². The SMILES string of the molecule is C=CC(=O)OCC.CC.O=C(O)C/C=C/c1cccnc1.O=Cc1cccnc1. The first-order valence-corrected chi connectivity index (χ1v) is 8.96. The number of carbonyl (C=O) groups excluding carboxylic acids is 2. The van der Waals surface area contributed by atoms with Crippen LogP contribution < -0.4 is 0 Å². The van der Waals surface area contributed by atoms with Crippen LogP contribution in [-0.2, 0) is 14.3 Å². The van der Waals surface area contributed by atoms with Crippen LogP contribution in [0.15, 0.2) is 67.8 Å². The van der Waals surface area contributed by atoms with E-state index in [4.69, 9.17) is 5.11 Å². The zero-order valence-corrected chi connectivity index (χ0v) is 17.0. The lowest BCUT2D eigenvalue weighted by molar-refractivity contribution is -0.137. The number of aliphatic carboxylic acids is 1. The molecule has 0 fully saturated rings. The lowest BCUT2D eigenvalue weighted by Crippen LogP contribution is -1.97. The number of carboxylic acid groups (broad SMARTS) is 1. The number of pyridine rings is 2. The third kappa shape index (κ3) is 19.0. The Morgan fingerprint density at radius 1 is 1.10 bits per heavy atom. The van der Waals surface area contributed by atoms with Gasteiger partial charge in [-0.25, -0.2) is 4.79 Å². The van der Waals surface area contributed by atoms with E-state index in [9.17, 15) is 14.4 Å². The highest BCUT2D eigenvalue weighted by atomic mass is 16.5. The molecule has 29 heavy (non-hydrogen) atoms. The van der Waals surface area contributed by atoms with Gasteiger partial charge in [-0.15, -0.1) is 0 Å². The van der Waals surface area contributed by atoms with E-state index < -0.39 is 5.97 Å². The number of nitrogens with zero attached hydrogens (tertiary/aromatic N) is 2. The van der Waals surface area contributed by atoms with E-state index >= 15 is 0 Å². The zero-order chi connectivity index (χ0) is 22.3. The van der Waals surface area contributed by atoms with E-state index in [2.05, 4.69) is 21.3 Å². The first-order chi connectivity index (χ1) is 14.0. The summed E-state index contributed by atoms with van der Waals surface area (Å²) in [5.41, 5.74) is 1.53. The smallest absolute Gasteiger partial charge is 0.330 e. The van der Waals surface area contributed by atoms with Gasteiger partial charge in [-0.3, -0.25) is 19.6 Å². The summed E-state index contributed by atoms with van der Waals surface area (Å²) in [7, 11) is 0. The summed E-state index contributed by atoms with van der Waals surface area (Å²) in [6, 6.07) is 7.11. The molecule has 0 unspecified atom stereocenters. The Morgan fingerprint density at radius 2 is 1.66 bits per heavy atom. The minimum atomic E-state index is -0.824. The molecule has 7 heteroatoms. The summed E-state index contributed by atoms with van der Waals surface area (Å²) in [4.78, 5) is 37.8. The summed E-state index contributed by atoms with van der Waals surface area (Å²) in [5, 5.41) is 8.32. The van der Waals surface area contributed by atoms with Gasteiger partial charge in [-0.2, -0.15) is 0 Å². The molecule has 2 aromatic rings. The number of aldehydes is 1. The highest BCUT2D eigenvalue weighted by Gasteiger charge is 1.89. The number of ether oxygens (including phenoxy) is 1. The van der Waals surface area contributed by atoms with Crippen molar-refractivity contribution in [2.45, 2.75) is 27.2 Å². The summed E-state index contributed by atoms with van der Waals surface area (Å²) in [6.07, 6.45) is 11.8. The van der Waals surface area contributed by atoms with Crippen molar-refractivity contribution < 1.29 is 24.2 Å². The average Bonchev–Trinajstić information content (AvgIpc) is 2.77. The van der Waals surface area contributed by atoms with Gasteiger partial charge in [0, 0.05) is 36.4 Å². The maximum atomic E-state index is 10.1. The predicted octanol–water partition coefficient (Wildman–Crippen LogP) is 4.23. The first-order valence-electron chi connectivity index (χ1n) is 8.96. The molecule has 0 saturated heterocycles. The minimum absolute atomic E-state index is 0.0505. The van der Waals surface area contributed by atoms with Gasteiger partial charge in [-0.05, 0) is 30.7 Å². The second kappa shape index (κ2) is 20.7. The van der Waals surface area contributed by atoms with Crippen LogP contribution >= 0.6 is 0 Å². The minimum Gasteiger partial charge on any atom is -0.481 e. The molecule has 0 bridgehead atoms. The molecule has 2 heterocycles. The summed E-state index contributed by atoms with van der Waals surface area (Å²) < 4.78 is 4.43. The van der Waals surface area contributed by atoms with Crippen molar-refractivity contribution in [3.8, 4) is 0 Å². The number of hydrogen-bond donors (Lipinski definition) is 1. The van der Waals surface area contributed by atoms with Gasteiger partial charge in [-0.1, -0.05) is 38.6 Å². The van der Waals surface area contributed by atoms with Gasteiger partial charge in [0.25, 0.3) is 0 Å². The fourth-order valence-corrected chi connectivity index (χ4v) is 1.42. The Morgan fingerprint density at radius 3 is 1.97 bits per heavy atom. The molecule has 7 nitrogen and oxygen atoms in total. The molecule has 0 aromatic carbocycles. The molecule has 0 spiro atoms. The second-order valence-corrected chi connectivity index (χ2v) is 4.65. The fraction of sp³-hybridized carbons (Fsp3) is 0.227. The Labute approximate surface area is 171 Å². The van der Waals surface area contributed by atoms with E-state index in [1.165, 1.54) is 6.20 Å². The lowest BCUT2D eigenvalue weighted by Gasteiger charge is -1.90. The van der Waals surface area contributed by atoms with Crippen molar-refractivity contribution >= 4 is 24.3 Å². The third-order valence-corrected chi connectivity index (χ3v) is 2.56. The second-order valence-electron chi connectivity index (χ2n) is 4.65.